The second kappa shape index (κ2) is 9.03. The van der Waals surface area contributed by atoms with Crippen LogP contribution in [0.25, 0.3) is 5.76 Å². The first-order valence-corrected chi connectivity index (χ1v) is 11.2. The predicted octanol–water partition coefficient (Wildman–Crippen LogP) is 4.56. The Hall–Kier alpha value is -3.76. The Balaban J connectivity index is 1.66. The number of hydrogen-bond donors (Lipinski definition) is 3. The highest BCUT2D eigenvalue weighted by atomic mass is 19.4. The van der Waals surface area contributed by atoms with Gasteiger partial charge in [-0.05, 0) is 50.6 Å². The fraction of sp³-hybridized carbons (Fsp3) is 0.360. The van der Waals surface area contributed by atoms with Crippen molar-refractivity contribution in [2.75, 3.05) is 29.9 Å². The SMILES string of the molecule is CC(C)(C)OC(=O)CNC(=O)C1=C(O)c2c(F)ccc3c2N(C1)C(c1ccc(C(F)(F)F)cc1)CN3. The zero-order chi connectivity index (χ0) is 26.4. The third kappa shape index (κ3) is 4.95. The van der Waals surface area contributed by atoms with Crippen molar-refractivity contribution in [2.24, 2.45) is 0 Å². The third-order valence-electron chi connectivity index (χ3n) is 5.84. The van der Waals surface area contributed by atoms with Crippen LogP contribution in [0.2, 0.25) is 0 Å². The van der Waals surface area contributed by atoms with Crippen molar-refractivity contribution >= 4 is 29.0 Å². The molecular formula is C25H25F4N3O4. The van der Waals surface area contributed by atoms with Gasteiger partial charge in [0, 0.05) is 6.54 Å². The van der Waals surface area contributed by atoms with Gasteiger partial charge < -0.3 is 25.4 Å². The lowest BCUT2D eigenvalue weighted by atomic mass is 9.91. The molecule has 0 radical (unpaired) electrons. The van der Waals surface area contributed by atoms with Gasteiger partial charge in [-0.15, -0.1) is 0 Å². The van der Waals surface area contributed by atoms with Crippen LogP contribution < -0.4 is 15.5 Å². The number of aliphatic hydroxyl groups is 1. The molecule has 1 amide bonds. The van der Waals surface area contributed by atoms with Crippen LogP contribution in [0, 0.1) is 5.82 Å². The fourth-order valence-corrected chi connectivity index (χ4v) is 4.30. The first-order valence-electron chi connectivity index (χ1n) is 11.2. The number of hydrogen-bond acceptors (Lipinski definition) is 6. The van der Waals surface area contributed by atoms with Crippen LogP contribution in [-0.2, 0) is 20.5 Å². The summed E-state index contributed by atoms with van der Waals surface area (Å²) < 4.78 is 59.2. The number of esters is 1. The van der Waals surface area contributed by atoms with Crippen molar-refractivity contribution in [3.05, 3.63) is 64.5 Å². The zero-order valence-electron chi connectivity index (χ0n) is 19.8. The molecule has 3 N–H and O–H groups in total. The van der Waals surface area contributed by atoms with E-state index in [-0.39, 0.29) is 24.2 Å². The number of ether oxygens (including phenoxy) is 1. The summed E-state index contributed by atoms with van der Waals surface area (Å²) in [6.45, 7) is 4.65. The Kier molecular flexibility index (Phi) is 6.36. The Morgan fingerprint density at radius 2 is 1.81 bits per heavy atom. The van der Waals surface area contributed by atoms with Gasteiger partial charge in [0.25, 0.3) is 5.91 Å². The number of benzene rings is 2. The molecule has 0 saturated carbocycles. The molecule has 7 nitrogen and oxygen atoms in total. The van der Waals surface area contributed by atoms with Crippen LogP contribution in [0.5, 0.6) is 0 Å². The number of nitrogens with one attached hydrogen (secondary N) is 2. The minimum Gasteiger partial charge on any atom is -0.507 e. The van der Waals surface area contributed by atoms with E-state index >= 15 is 0 Å². The highest BCUT2D eigenvalue weighted by Gasteiger charge is 2.39. The van der Waals surface area contributed by atoms with E-state index in [2.05, 4.69) is 10.6 Å². The largest absolute Gasteiger partial charge is 0.507 e. The van der Waals surface area contributed by atoms with Crippen LogP contribution in [0.4, 0.5) is 28.9 Å². The van der Waals surface area contributed by atoms with Gasteiger partial charge >= 0.3 is 12.1 Å². The summed E-state index contributed by atoms with van der Waals surface area (Å²) in [7, 11) is 0. The smallest absolute Gasteiger partial charge is 0.416 e. The van der Waals surface area contributed by atoms with Gasteiger partial charge in [-0.2, -0.15) is 13.2 Å². The number of carbonyl (C=O) groups excluding carboxylic acids is 2. The highest BCUT2D eigenvalue weighted by molar-refractivity contribution is 6.05. The van der Waals surface area contributed by atoms with Crippen molar-refractivity contribution < 1.29 is 37.0 Å². The van der Waals surface area contributed by atoms with Gasteiger partial charge in [-0.3, -0.25) is 9.59 Å². The van der Waals surface area contributed by atoms with Crippen LogP contribution >= 0.6 is 0 Å². The molecule has 2 aliphatic heterocycles. The number of alkyl halides is 3. The van der Waals surface area contributed by atoms with Crippen LogP contribution in [0.15, 0.2) is 42.0 Å². The molecule has 4 rings (SSSR count). The summed E-state index contributed by atoms with van der Waals surface area (Å²) in [6.07, 6.45) is -4.49. The average molecular weight is 507 g/mol. The lowest BCUT2D eigenvalue weighted by molar-refractivity contribution is -0.154. The van der Waals surface area contributed by atoms with Crippen molar-refractivity contribution in [2.45, 2.75) is 38.6 Å². The molecule has 0 saturated heterocycles. The Morgan fingerprint density at radius 3 is 2.42 bits per heavy atom. The van der Waals surface area contributed by atoms with Crippen LogP contribution in [-0.4, -0.2) is 42.2 Å². The van der Waals surface area contributed by atoms with Crippen LogP contribution in [0.1, 0.15) is 43.5 Å². The maximum atomic E-state index is 14.9. The quantitative estimate of drug-likeness (QED) is 0.415. The summed E-state index contributed by atoms with van der Waals surface area (Å²) in [5.41, 5.74) is -0.637. The molecule has 2 aromatic carbocycles. The van der Waals surface area contributed by atoms with Gasteiger partial charge in [-0.1, -0.05) is 12.1 Å². The number of halogens is 4. The molecule has 1 unspecified atom stereocenters. The summed E-state index contributed by atoms with van der Waals surface area (Å²) >= 11 is 0. The first-order chi connectivity index (χ1) is 16.8. The minimum absolute atomic E-state index is 0.164. The maximum Gasteiger partial charge on any atom is 0.416 e. The number of nitrogens with zero attached hydrogens (tertiary/aromatic N) is 1. The number of carbonyl (C=O) groups is 2. The van der Waals surface area contributed by atoms with Gasteiger partial charge in [0.15, 0.2) is 0 Å². The van der Waals surface area contributed by atoms with Gasteiger partial charge in [-0.25, -0.2) is 4.39 Å². The zero-order valence-corrected chi connectivity index (χ0v) is 19.8. The lowest BCUT2D eigenvalue weighted by Crippen LogP contribution is -2.45. The molecule has 0 aliphatic carbocycles. The van der Waals surface area contributed by atoms with E-state index in [1.165, 1.54) is 18.2 Å². The number of amides is 1. The Labute approximate surface area is 204 Å². The molecule has 0 bridgehead atoms. The van der Waals surface area contributed by atoms with Crippen LogP contribution in [0.3, 0.4) is 0 Å². The number of rotatable bonds is 4. The lowest BCUT2D eigenvalue weighted by Gasteiger charge is -2.43. The summed E-state index contributed by atoms with van der Waals surface area (Å²) in [6, 6.07) is 6.66. The molecule has 0 fully saturated rings. The second-order valence-electron chi connectivity index (χ2n) is 9.56. The van der Waals surface area contributed by atoms with Gasteiger partial charge in [0.1, 0.15) is 23.7 Å². The molecule has 0 aromatic heterocycles. The monoisotopic (exact) mass is 507 g/mol. The maximum absolute atomic E-state index is 14.9. The first kappa shape index (κ1) is 25.3. The predicted molar refractivity (Wildman–Crippen MR) is 125 cm³/mol. The fourth-order valence-electron chi connectivity index (χ4n) is 4.30. The average Bonchev–Trinajstić information content (AvgIpc) is 2.79. The highest BCUT2D eigenvalue weighted by Crippen LogP contribution is 2.47. The van der Waals surface area contributed by atoms with E-state index in [0.29, 0.717) is 16.9 Å². The van der Waals surface area contributed by atoms with E-state index < -0.39 is 53.4 Å². The van der Waals surface area contributed by atoms with Crippen molar-refractivity contribution in [3.63, 3.8) is 0 Å². The molecule has 0 spiro atoms. The molecule has 192 valence electrons. The van der Waals surface area contributed by atoms with Gasteiger partial charge in [0.05, 0.1) is 40.7 Å². The summed E-state index contributed by atoms with van der Waals surface area (Å²) in [5, 5.41) is 16.4. The normalized spacial score (nSPS) is 17.3. The van der Waals surface area contributed by atoms with E-state index in [0.717, 1.165) is 18.2 Å². The van der Waals surface area contributed by atoms with E-state index in [1.54, 1.807) is 25.7 Å². The van der Waals surface area contributed by atoms with Crippen molar-refractivity contribution in [3.8, 4) is 0 Å². The molecule has 2 aliphatic rings. The molecule has 2 aromatic rings. The van der Waals surface area contributed by atoms with E-state index in [9.17, 15) is 32.3 Å². The second-order valence-corrected chi connectivity index (χ2v) is 9.56. The topological polar surface area (TPSA) is 90.9 Å². The molecule has 36 heavy (non-hydrogen) atoms. The Morgan fingerprint density at radius 1 is 1.14 bits per heavy atom. The van der Waals surface area contributed by atoms with Crippen molar-refractivity contribution in [1.29, 1.82) is 0 Å². The number of aliphatic hydroxyl groups excluding tert-OH is 1. The third-order valence-corrected chi connectivity index (χ3v) is 5.84. The molecule has 11 heteroatoms. The molecule has 2 heterocycles. The number of anilines is 2. The minimum atomic E-state index is -4.49. The Bertz CT molecular complexity index is 1230. The van der Waals surface area contributed by atoms with Crippen molar-refractivity contribution in [1.82, 2.24) is 5.32 Å². The molecular weight excluding hydrogens is 482 g/mol. The van der Waals surface area contributed by atoms with E-state index in [4.69, 9.17) is 4.74 Å². The summed E-state index contributed by atoms with van der Waals surface area (Å²) in [5.74, 6) is -2.83. The standard InChI is InChI=1S/C25H25F4N3O4/c1-24(2,3)36-19(33)11-31-23(35)15-12-32-18(13-4-6-14(7-5-13)25(27,28)29)10-30-17-9-8-16(26)20(21(17)32)22(15)34/h4-9,18,30,34H,10-12H2,1-3H3,(H,31,35). The molecule has 1 atom stereocenters. The summed E-state index contributed by atoms with van der Waals surface area (Å²) in [4.78, 5) is 26.6. The van der Waals surface area contributed by atoms with Gasteiger partial charge in [0.2, 0.25) is 0 Å². The van der Waals surface area contributed by atoms with E-state index in [1.807, 2.05) is 0 Å².